The third kappa shape index (κ3) is 5.02. The number of benzene rings is 2. The number of carbonyl (C=O) groups excluding carboxylic acids is 1. The Morgan fingerprint density at radius 1 is 1.15 bits per heavy atom. The number of alkyl halides is 3. The zero-order chi connectivity index (χ0) is 19.5. The summed E-state index contributed by atoms with van der Waals surface area (Å²) in [5, 5.41) is -0.355. The normalized spacial score (nSPS) is 11.8. The summed E-state index contributed by atoms with van der Waals surface area (Å²) in [4.78, 5) is 9.92. The van der Waals surface area contributed by atoms with Crippen molar-refractivity contribution in [3.8, 4) is 5.75 Å². The number of hydrogen-bond donors (Lipinski definition) is 2. The smallest absolute Gasteiger partial charge is 0.416 e. The SMILES string of the molecule is NC(=O)COc1ccc(NS(=O)(=O)c2cc(C(F)(F)F)ccc2Cl)cc1. The van der Waals surface area contributed by atoms with Crippen molar-refractivity contribution < 1.29 is 31.1 Å². The van der Waals surface area contributed by atoms with Crippen LogP contribution in [0, 0.1) is 0 Å². The van der Waals surface area contributed by atoms with E-state index < -0.39 is 32.6 Å². The van der Waals surface area contributed by atoms with Gasteiger partial charge >= 0.3 is 6.18 Å². The van der Waals surface area contributed by atoms with Gasteiger partial charge in [0.1, 0.15) is 10.6 Å². The van der Waals surface area contributed by atoms with Crippen molar-refractivity contribution in [2.75, 3.05) is 11.3 Å². The number of anilines is 1. The number of nitrogens with one attached hydrogen (secondary N) is 1. The molecule has 2 rings (SSSR count). The molecule has 0 aromatic heterocycles. The van der Waals surface area contributed by atoms with Crippen LogP contribution in [-0.2, 0) is 21.0 Å². The molecule has 0 unspecified atom stereocenters. The minimum atomic E-state index is -4.71. The quantitative estimate of drug-likeness (QED) is 0.767. The van der Waals surface area contributed by atoms with Gasteiger partial charge in [0.15, 0.2) is 6.61 Å². The zero-order valence-corrected chi connectivity index (χ0v) is 14.5. The second-order valence-corrected chi connectivity index (χ2v) is 7.09. The summed E-state index contributed by atoms with van der Waals surface area (Å²) in [6.07, 6.45) is -4.71. The van der Waals surface area contributed by atoms with Crippen LogP contribution in [0.25, 0.3) is 0 Å². The molecule has 26 heavy (non-hydrogen) atoms. The number of primary amides is 1. The van der Waals surface area contributed by atoms with E-state index in [4.69, 9.17) is 22.1 Å². The summed E-state index contributed by atoms with van der Waals surface area (Å²) < 4.78 is 70.2. The summed E-state index contributed by atoms with van der Waals surface area (Å²) in [7, 11) is -4.36. The van der Waals surface area contributed by atoms with Gasteiger partial charge in [-0.1, -0.05) is 11.6 Å². The van der Waals surface area contributed by atoms with Gasteiger partial charge in [-0.2, -0.15) is 13.2 Å². The monoisotopic (exact) mass is 408 g/mol. The largest absolute Gasteiger partial charge is 0.484 e. The fourth-order valence-corrected chi connectivity index (χ4v) is 3.45. The molecule has 0 aliphatic rings. The molecule has 0 radical (unpaired) electrons. The fourth-order valence-electron chi connectivity index (χ4n) is 1.87. The number of hydrogen-bond acceptors (Lipinski definition) is 4. The van der Waals surface area contributed by atoms with E-state index in [-0.39, 0.29) is 23.1 Å². The molecule has 0 spiro atoms. The van der Waals surface area contributed by atoms with Crippen molar-refractivity contribution in [2.24, 2.45) is 5.73 Å². The molecule has 0 heterocycles. The molecule has 0 atom stereocenters. The summed E-state index contributed by atoms with van der Waals surface area (Å²) >= 11 is 5.74. The predicted octanol–water partition coefficient (Wildman–Crippen LogP) is 3.02. The Morgan fingerprint density at radius 2 is 1.77 bits per heavy atom. The van der Waals surface area contributed by atoms with Crippen LogP contribution in [0.15, 0.2) is 47.4 Å². The highest BCUT2D eigenvalue weighted by molar-refractivity contribution is 7.92. The number of carbonyl (C=O) groups is 1. The maximum atomic E-state index is 12.8. The number of halogens is 4. The van der Waals surface area contributed by atoms with Crippen molar-refractivity contribution in [1.29, 1.82) is 0 Å². The van der Waals surface area contributed by atoms with Crippen molar-refractivity contribution in [1.82, 2.24) is 0 Å². The fraction of sp³-hybridized carbons (Fsp3) is 0.133. The minimum absolute atomic E-state index is 0.0601. The first-order chi connectivity index (χ1) is 12.0. The number of nitrogens with two attached hydrogens (primary N) is 1. The first-order valence-electron chi connectivity index (χ1n) is 6.90. The molecule has 0 aliphatic carbocycles. The van der Waals surface area contributed by atoms with Gasteiger partial charge in [0, 0.05) is 5.69 Å². The molecule has 0 bridgehead atoms. The number of rotatable bonds is 6. The van der Waals surface area contributed by atoms with Gasteiger partial charge < -0.3 is 10.5 Å². The van der Waals surface area contributed by atoms with E-state index >= 15 is 0 Å². The van der Waals surface area contributed by atoms with E-state index in [0.717, 1.165) is 6.07 Å². The summed E-state index contributed by atoms with van der Waals surface area (Å²) in [5.74, 6) is -0.433. The standard InChI is InChI=1S/C15H12ClF3N2O4S/c16-12-6-1-9(15(17,18)19)7-13(12)26(23,24)21-10-2-4-11(5-3-10)25-8-14(20)22/h1-7,21H,8H2,(H2,20,22). The lowest BCUT2D eigenvalue weighted by atomic mass is 10.2. The number of ether oxygens (including phenoxy) is 1. The molecule has 11 heteroatoms. The third-order valence-corrected chi connectivity index (χ3v) is 4.90. The van der Waals surface area contributed by atoms with Gasteiger partial charge in [-0.25, -0.2) is 8.42 Å². The van der Waals surface area contributed by atoms with Crippen LogP contribution in [0.2, 0.25) is 5.02 Å². The van der Waals surface area contributed by atoms with E-state index in [1.165, 1.54) is 24.3 Å². The van der Waals surface area contributed by atoms with Crippen molar-refractivity contribution in [3.05, 3.63) is 53.1 Å². The second-order valence-electron chi connectivity index (χ2n) is 5.03. The van der Waals surface area contributed by atoms with E-state index in [9.17, 15) is 26.4 Å². The number of sulfonamides is 1. The van der Waals surface area contributed by atoms with E-state index in [2.05, 4.69) is 4.72 Å². The molecule has 6 nitrogen and oxygen atoms in total. The van der Waals surface area contributed by atoms with E-state index in [1.807, 2.05) is 0 Å². The summed E-state index contributed by atoms with van der Waals surface area (Å²) in [5.41, 5.74) is 3.85. The molecule has 140 valence electrons. The van der Waals surface area contributed by atoms with Gasteiger partial charge in [0.05, 0.1) is 10.6 Å². The Kier molecular flexibility index (Phi) is 5.67. The predicted molar refractivity (Wildman–Crippen MR) is 88.4 cm³/mol. The van der Waals surface area contributed by atoms with Gasteiger partial charge in [-0.15, -0.1) is 0 Å². The Bertz CT molecular complexity index is 915. The molecule has 0 saturated heterocycles. The lowest BCUT2D eigenvalue weighted by molar-refractivity contribution is -0.137. The maximum absolute atomic E-state index is 12.8. The topological polar surface area (TPSA) is 98.5 Å². The lowest BCUT2D eigenvalue weighted by Gasteiger charge is -2.13. The zero-order valence-electron chi connectivity index (χ0n) is 12.9. The van der Waals surface area contributed by atoms with Crippen LogP contribution in [0.1, 0.15) is 5.56 Å². The molecule has 2 aromatic rings. The molecule has 2 aromatic carbocycles. The van der Waals surface area contributed by atoms with Crippen molar-refractivity contribution >= 4 is 33.2 Å². The van der Waals surface area contributed by atoms with Crippen LogP contribution in [0.3, 0.4) is 0 Å². The highest BCUT2D eigenvalue weighted by Crippen LogP contribution is 2.34. The average molecular weight is 409 g/mol. The van der Waals surface area contributed by atoms with Crippen LogP contribution in [0.5, 0.6) is 5.75 Å². The molecular formula is C15H12ClF3N2O4S. The first-order valence-corrected chi connectivity index (χ1v) is 8.76. The van der Waals surface area contributed by atoms with Gasteiger partial charge in [0.25, 0.3) is 15.9 Å². The molecule has 0 fully saturated rings. The molecule has 0 aliphatic heterocycles. The van der Waals surface area contributed by atoms with E-state index in [0.29, 0.717) is 12.1 Å². The molecule has 0 saturated carbocycles. The first kappa shape index (κ1) is 19.9. The maximum Gasteiger partial charge on any atom is 0.416 e. The van der Waals surface area contributed by atoms with Crippen LogP contribution in [-0.4, -0.2) is 20.9 Å². The molecular weight excluding hydrogens is 397 g/mol. The second kappa shape index (κ2) is 7.42. The average Bonchev–Trinajstić information content (AvgIpc) is 2.53. The third-order valence-electron chi connectivity index (χ3n) is 3.04. The summed E-state index contributed by atoms with van der Waals surface area (Å²) in [6.45, 7) is -0.356. The van der Waals surface area contributed by atoms with Gasteiger partial charge in [-0.05, 0) is 42.5 Å². The highest BCUT2D eigenvalue weighted by atomic mass is 35.5. The number of amides is 1. The highest BCUT2D eigenvalue weighted by Gasteiger charge is 2.32. The Labute approximate surface area is 151 Å². The van der Waals surface area contributed by atoms with Crippen LogP contribution in [0.4, 0.5) is 18.9 Å². The van der Waals surface area contributed by atoms with Crippen LogP contribution < -0.4 is 15.2 Å². The minimum Gasteiger partial charge on any atom is -0.484 e. The Morgan fingerprint density at radius 3 is 2.31 bits per heavy atom. The van der Waals surface area contributed by atoms with Crippen molar-refractivity contribution in [3.63, 3.8) is 0 Å². The Balaban J connectivity index is 2.25. The van der Waals surface area contributed by atoms with Crippen molar-refractivity contribution in [2.45, 2.75) is 11.1 Å². The summed E-state index contributed by atoms with van der Waals surface area (Å²) in [6, 6.07) is 7.31. The molecule has 3 N–H and O–H groups in total. The van der Waals surface area contributed by atoms with Crippen LogP contribution >= 0.6 is 11.6 Å². The molecule has 1 amide bonds. The lowest BCUT2D eigenvalue weighted by Crippen LogP contribution is -2.20. The van der Waals surface area contributed by atoms with Gasteiger partial charge in [-0.3, -0.25) is 9.52 Å². The van der Waals surface area contributed by atoms with Gasteiger partial charge in [0.2, 0.25) is 0 Å². The van der Waals surface area contributed by atoms with E-state index in [1.54, 1.807) is 0 Å². The Hall–Kier alpha value is -2.46.